The topological polar surface area (TPSA) is 87.7 Å². The second kappa shape index (κ2) is 11.3. The van der Waals surface area contributed by atoms with Gasteiger partial charge in [-0.2, -0.15) is 13.2 Å². The maximum atomic E-state index is 14.7. The molecular weight excluding hydrogens is 562 g/mol. The summed E-state index contributed by atoms with van der Waals surface area (Å²) in [5.74, 6) is -1.81. The lowest BCUT2D eigenvalue weighted by Gasteiger charge is -2.33. The Hall–Kier alpha value is -4.32. The molecule has 0 radical (unpaired) electrons. The Balaban J connectivity index is 1.32. The largest absolute Gasteiger partial charge is 0.465 e. The highest BCUT2D eigenvalue weighted by molar-refractivity contribution is 8.00. The molecule has 2 aliphatic rings. The summed E-state index contributed by atoms with van der Waals surface area (Å²) >= 11 is -0.284. The Bertz CT molecular complexity index is 1530. The zero-order chi connectivity index (χ0) is 29.3. The van der Waals surface area contributed by atoms with Crippen molar-refractivity contribution in [1.82, 2.24) is 10.2 Å². The van der Waals surface area contributed by atoms with Crippen LogP contribution < -0.4 is 10.6 Å². The van der Waals surface area contributed by atoms with Gasteiger partial charge in [-0.25, -0.2) is 14.0 Å². The lowest BCUT2D eigenvalue weighted by atomic mass is 10.0. The van der Waals surface area contributed by atoms with Gasteiger partial charge in [-0.1, -0.05) is 30.4 Å². The van der Waals surface area contributed by atoms with Crippen LogP contribution >= 0.6 is 11.8 Å². The molecule has 5 rings (SSSR count). The van der Waals surface area contributed by atoms with Crippen molar-refractivity contribution in [2.45, 2.75) is 29.0 Å². The number of carbonyl (C=O) groups excluding carboxylic acids is 3. The van der Waals surface area contributed by atoms with Crippen LogP contribution in [0, 0.1) is 11.7 Å². The molecule has 3 amide bonds. The van der Waals surface area contributed by atoms with Crippen LogP contribution in [-0.2, 0) is 4.74 Å². The number of ether oxygens (including phenoxy) is 1. The summed E-state index contributed by atoms with van der Waals surface area (Å²) in [5, 5.41) is 5.49. The maximum absolute atomic E-state index is 14.7. The van der Waals surface area contributed by atoms with Crippen molar-refractivity contribution in [3.63, 3.8) is 0 Å². The number of nitrogens with one attached hydrogen (secondary N) is 2. The molecule has 3 atom stereocenters. The summed E-state index contributed by atoms with van der Waals surface area (Å²) in [6.45, 7) is 0. The fraction of sp³-hybridized carbons (Fsp3) is 0.207. The van der Waals surface area contributed by atoms with Gasteiger partial charge in [0.05, 0.1) is 18.7 Å². The summed E-state index contributed by atoms with van der Waals surface area (Å²) in [7, 11) is 1.25. The minimum absolute atomic E-state index is 0.0740. The molecule has 7 nitrogen and oxygen atoms in total. The lowest BCUT2D eigenvalue weighted by molar-refractivity contribution is -0.0328. The molecule has 2 unspecified atom stereocenters. The average molecular weight is 586 g/mol. The van der Waals surface area contributed by atoms with Gasteiger partial charge < -0.3 is 15.4 Å². The number of likely N-dealkylation sites (tertiary alicyclic amines) is 1. The van der Waals surface area contributed by atoms with Gasteiger partial charge in [0, 0.05) is 27.6 Å². The number of fused-ring (bicyclic) bond motifs is 2. The number of rotatable bonds is 6. The van der Waals surface area contributed by atoms with Crippen LogP contribution in [0.15, 0.2) is 83.8 Å². The number of alkyl halides is 3. The van der Waals surface area contributed by atoms with E-state index in [-0.39, 0.29) is 45.4 Å². The molecule has 1 aliphatic heterocycles. The summed E-state index contributed by atoms with van der Waals surface area (Å²) in [5.41, 5.74) is -3.25. The van der Waals surface area contributed by atoms with Gasteiger partial charge in [0.25, 0.3) is 5.91 Å². The first kappa shape index (κ1) is 28.2. The zero-order valence-electron chi connectivity index (χ0n) is 21.4. The number of hydrogen-bond acceptors (Lipinski definition) is 5. The van der Waals surface area contributed by atoms with E-state index < -0.39 is 35.4 Å². The van der Waals surface area contributed by atoms with Gasteiger partial charge in [-0.3, -0.25) is 9.69 Å². The van der Waals surface area contributed by atoms with Crippen LogP contribution in [0.1, 0.15) is 27.1 Å². The van der Waals surface area contributed by atoms with E-state index >= 15 is 0 Å². The summed E-state index contributed by atoms with van der Waals surface area (Å²) in [4.78, 5) is 39.6. The van der Waals surface area contributed by atoms with Crippen LogP contribution in [0.5, 0.6) is 0 Å². The molecule has 1 heterocycles. The Labute approximate surface area is 236 Å². The smallest absolute Gasteiger partial charge is 0.446 e. The number of thioether (sulfide) groups is 1. The van der Waals surface area contributed by atoms with E-state index in [4.69, 9.17) is 0 Å². The number of esters is 1. The van der Waals surface area contributed by atoms with Crippen molar-refractivity contribution in [2.24, 2.45) is 5.92 Å². The van der Waals surface area contributed by atoms with E-state index in [2.05, 4.69) is 15.4 Å². The Morgan fingerprint density at radius 3 is 2.41 bits per heavy atom. The zero-order valence-corrected chi connectivity index (χ0v) is 22.3. The SMILES string of the molecule is COC(=O)c1ccc(-c2cc(C(=O)NC3C4C=C[C@@H](C4)N3C(=O)Nc3cccc(SC(F)(F)F)c3)ccc2F)cc1. The molecule has 0 aromatic heterocycles. The number of carbonyl (C=O) groups is 3. The number of benzene rings is 3. The number of amides is 3. The van der Waals surface area contributed by atoms with Gasteiger partial charge in [0.15, 0.2) is 0 Å². The number of anilines is 1. The van der Waals surface area contributed by atoms with E-state index in [1.807, 2.05) is 12.2 Å². The standard InChI is InChI=1S/C29H23F4N3O4S/c1-40-27(38)17-7-5-16(6-8-17)23-14-19(10-12-24(23)30)26(37)35-25-18-9-11-21(13-18)36(25)28(39)34-20-3-2-4-22(15-20)41-29(31,32)33/h2-12,14-15,18,21,25H,13H2,1H3,(H,34,39)(H,35,37)/t18?,21-,25?/m0/s1. The number of hydrogen-bond donors (Lipinski definition) is 2. The second-order valence-electron chi connectivity index (χ2n) is 9.45. The van der Waals surface area contributed by atoms with Gasteiger partial charge in [0.1, 0.15) is 12.0 Å². The highest BCUT2D eigenvalue weighted by atomic mass is 32.2. The molecule has 0 saturated carbocycles. The summed E-state index contributed by atoms with van der Waals surface area (Å²) in [6, 6.07) is 14.5. The first-order valence-corrected chi connectivity index (χ1v) is 13.3. The first-order chi connectivity index (χ1) is 19.5. The number of halogens is 4. The van der Waals surface area contributed by atoms with Gasteiger partial charge in [0.2, 0.25) is 0 Å². The van der Waals surface area contributed by atoms with Crippen LogP contribution in [-0.4, -0.2) is 47.6 Å². The fourth-order valence-electron chi connectivity index (χ4n) is 4.98. The number of nitrogens with zero attached hydrogens (tertiary/aromatic N) is 1. The average Bonchev–Trinajstić information content (AvgIpc) is 3.54. The molecule has 0 spiro atoms. The molecule has 1 aliphatic carbocycles. The Morgan fingerprint density at radius 2 is 1.71 bits per heavy atom. The number of methoxy groups -OCH3 is 1. The summed E-state index contributed by atoms with van der Waals surface area (Å²) < 4.78 is 57.7. The van der Waals surface area contributed by atoms with E-state index in [1.165, 1.54) is 60.5 Å². The minimum Gasteiger partial charge on any atom is -0.465 e. The van der Waals surface area contributed by atoms with Crippen LogP contribution in [0.2, 0.25) is 0 Å². The molecule has 1 fully saturated rings. The van der Waals surface area contributed by atoms with E-state index in [0.29, 0.717) is 17.5 Å². The van der Waals surface area contributed by atoms with Crippen molar-refractivity contribution in [3.8, 4) is 11.1 Å². The van der Waals surface area contributed by atoms with Crippen molar-refractivity contribution in [3.05, 3.63) is 95.8 Å². The normalized spacial score (nSPS) is 19.2. The maximum Gasteiger partial charge on any atom is 0.446 e. The molecule has 41 heavy (non-hydrogen) atoms. The van der Waals surface area contributed by atoms with Crippen molar-refractivity contribution in [1.29, 1.82) is 0 Å². The third-order valence-electron chi connectivity index (χ3n) is 6.83. The highest BCUT2D eigenvalue weighted by Gasteiger charge is 2.46. The molecular formula is C29H23F4N3O4S. The quantitative estimate of drug-likeness (QED) is 0.151. The number of urea groups is 1. The molecule has 212 valence electrons. The summed E-state index contributed by atoms with van der Waals surface area (Å²) in [6.07, 6.45) is 3.59. The predicted octanol–water partition coefficient (Wildman–Crippen LogP) is 6.44. The monoisotopic (exact) mass is 585 g/mol. The molecule has 12 heteroatoms. The predicted molar refractivity (Wildman–Crippen MR) is 145 cm³/mol. The lowest BCUT2D eigenvalue weighted by Crippen LogP contribution is -2.54. The minimum atomic E-state index is -4.47. The Morgan fingerprint density at radius 1 is 0.976 bits per heavy atom. The van der Waals surface area contributed by atoms with Gasteiger partial charge in [-0.05, 0) is 72.3 Å². The van der Waals surface area contributed by atoms with E-state index in [1.54, 1.807) is 12.1 Å². The molecule has 1 saturated heterocycles. The first-order valence-electron chi connectivity index (χ1n) is 12.4. The third kappa shape index (κ3) is 6.22. The van der Waals surface area contributed by atoms with Crippen molar-refractivity contribution < 1.29 is 36.7 Å². The molecule has 3 aromatic rings. The van der Waals surface area contributed by atoms with Crippen LogP contribution in [0.25, 0.3) is 11.1 Å². The van der Waals surface area contributed by atoms with Crippen LogP contribution in [0.3, 0.4) is 0 Å². The van der Waals surface area contributed by atoms with Crippen LogP contribution in [0.4, 0.5) is 28.0 Å². The second-order valence-corrected chi connectivity index (χ2v) is 10.6. The molecule has 3 aromatic carbocycles. The highest BCUT2D eigenvalue weighted by Crippen LogP contribution is 2.39. The van der Waals surface area contributed by atoms with Gasteiger partial charge in [-0.15, -0.1) is 0 Å². The van der Waals surface area contributed by atoms with Crippen molar-refractivity contribution >= 4 is 35.4 Å². The molecule has 2 N–H and O–H groups in total. The van der Waals surface area contributed by atoms with E-state index in [9.17, 15) is 31.9 Å². The van der Waals surface area contributed by atoms with E-state index in [0.717, 1.165) is 6.07 Å². The van der Waals surface area contributed by atoms with Gasteiger partial charge >= 0.3 is 17.5 Å². The Kier molecular flexibility index (Phi) is 7.76. The van der Waals surface area contributed by atoms with Crippen molar-refractivity contribution in [2.75, 3.05) is 12.4 Å². The molecule has 2 bridgehead atoms. The third-order valence-corrected chi connectivity index (χ3v) is 7.56. The fourth-order valence-corrected chi connectivity index (χ4v) is 5.58.